The van der Waals surface area contributed by atoms with Crippen molar-refractivity contribution in [3.8, 4) is 0 Å². The van der Waals surface area contributed by atoms with Gasteiger partial charge in [-0.05, 0) is 12.8 Å². The van der Waals surface area contributed by atoms with Crippen molar-refractivity contribution < 1.29 is 53.2 Å². The largest absolute Gasteiger partial charge is 1.00 e. The van der Waals surface area contributed by atoms with E-state index in [0.717, 1.165) is 0 Å². The Morgan fingerprint density at radius 3 is 2.54 bits per heavy atom. The average Bonchev–Trinajstić information content (AvgIpc) is 1.95. The first-order valence-electron chi connectivity index (χ1n) is 3.36. The summed E-state index contributed by atoms with van der Waals surface area (Å²) in [5.74, 6) is 0. The van der Waals surface area contributed by atoms with Crippen LogP contribution in [0.15, 0.2) is 12.7 Å². The summed E-state index contributed by atoms with van der Waals surface area (Å²) in [4.78, 5) is 0. The van der Waals surface area contributed by atoms with E-state index in [2.05, 4.69) is 10.8 Å². The molecular formula is C6H13NaO5S. The fourth-order valence-electron chi connectivity index (χ4n) is 0.558. The molecule has 0 bridgehead atoms. The van der Waals surface area contributed by atoms with Crippen LogP contribution in [-0.2, 0) is 14.6 Å². The van der Waals surface area contributed by atoms with Gasteiger partial charge in [-0.1, -0.05) is 6.08 Å². The molecule has 7 heteroatoms. The Balaban J connectivity index is -0.000000605. The van der Waals surface area contributed by atoms with Gasteiger partial charge in [0.15, 0.2) is 0 Å². The molecule has 0 aromatic heterocycles. The molecule has 0 aliphatic carbocycles. The molecule has 2 N–H and O–H groups in total. The molecule has 0 heterocycles. The Morgan fingerprint density at radius 2 is 2.15 bits per heavy atom. The molecule has 0 aromatic rings. The summed E-state index contributed by atoms with van der Waals surface area (Å²) in [5, 5.41) is 9.00. The molecule has 0 aliphatic heterocycles. The second-order valence-corrected chi connectivity index (χ2v) is 3.32. The Bertz CT molecular complexity index is 230. The topological polar surface area (TPSA) is 83.8 Å². The van der Waals surface area contributed by atoms with E-state index in [1.165, 1.54) is 0 Å². The van der Waals surface area contributed by atoms with Crippen molar-refractivity contribution in [2.75, 3.05) is 6.61 Å². The Morgan fingerprint density at radius 1 is 1.62 bits per heavy atom. The van der Waals surface area contributed by atoms with Gasteiger partial charge in [-0.2, -0.15) is 8.42 Å². The van der Waals surface area contributed by atoms with Crippen LogP contribution < -0.4 is 29.6 Å². The first kappa shape index (κ1) is 16.0. The maximum Gasteiger partial charge on any atom is 1.00 e. The van der Waals surface area contributed by atoms with Crippen LogP contribution in [0.2, 0.25) is 0 Å². The third kappa shape index (κ3) is 12.6. The van der Waals surface area contributed by atoms with E-state index in [0.29, 0.717) is 12.8 Å². The zero-order valence-electron chi connectivity index (χ0n) is 8.51. The number of hydrogen-bond acceptors (Lipinski definition) is 4. The molecular weight excluding hydrogens is 207 g/mol. The predicted molar refractivity (Wildman–Crippen MR) is 44.1 cm³/mol. The van der Waals surface area contributed by atoms with Crippen LogP contribution in [0, 0.1) is 0 Å². The Labute approximate surface area is 102 Å². The summed E-state index contributed by atoms with van der Waals surface area (Å²) >= 11 is 0. The molecule has 0 spiro atoms. The van der Waals surface area contributed by atoms with Gasteiger partial charge in [-0.15, -0.1) is 6.58 Å². The maximum absolute atomic E-state index is 10.0. The molecule has 0 radical (unpaired) electrons. The normalized spacial score (nSPS) is 13.1. The van der Waals surface area contributed by atoms with E-state index in [4.69, 9.17) is 9.66 Å². The van der Waals surface area contributed by atoms with Gasteiger partial charge in [-0.3, -0.25) is 4.55 Å². The van der Waals surface area contributed by atoms with Gasteiger partial charge in [0, 0.05) is 0 Å². The molecule has 74 valence electrons. The minimum Gasteiger partial charge on any atom is -1.00 e. The number of aliphatic hydroxyl groups excluding tert-OH is 1. The number of rotatable bonds is 6. The second-order valence-electron chi connectivity index (χ2n) is 2.23. The molecule has 0 rings (SSSR count). The standard InChI is InChI=1S/C6H12O5S.Na.H/c1-2-3-4-6(7)5-11-12(8,9)10;;/h2,6-7H,1,3-5H2,(H,8,9,10);;/q;+1;-1. The molecule has 0 fully saturated rings. The van der Waals surface area contributed by atoms with Crippen molar-refractivity contribution in [1.29, 1.82) is 0 Å². The quantitative estimate of drug-likeness (QED) is 0.288. The SMILES string of the molecule is C=CCCC(O)COS(=O)(=O)O.[H-].[Na+]. The average molecular weight is 220 g/mol. The summed E-state index contributed by atoms with van der Waals surface area (Å²) in [5.41, 5.74) is 0. The van der Waals surface area contributed by atoms with Crippen molar-refractivity contribution in [3.05, 3.63) is 12.7 Å². The van der Waals surface area contributed by atoms with E-state index < -0.39 is 23.1 Å². The van der Waals surface area contributed by atoms with Gasteiger partial charge in [0.1, 0.15) is 0 Å². The zero-order valence-corrected chi connectivity index (χ0v) is 10.3. The molecule has 1 unspecified atom stereocenters. The van der Waals surface area contributed by atoms with E-state index in [1.54, 1.807) is 6.08 Å². The third-order valence-electron chi connectivity index (χ3n) is 1.11. The number of aliphatic hydroxyl groups is 1. The van der Waals surface area contributed by atoms with Gasteiger partial charge < -0.3 is 6.53 Å². The van der Waals surface area contributed by atoms with Crippen LogP contribution in [0.25, 0.3) is 0 Å². The summed E-state index contributed by atoms with van der Waals surface area (Å²) in [6.07, 6.45) is 1.62. The van der Waals surface area contributed by atoms with Crippen LogP contribution in [-0.4, -0.2) is 30.8 Å². The molecule has 0 saturated heterocycles. The van der Waals surface area contributed by atoms with Gasteiger partial charge in [-0.25, -0.2) is 4.18 Å². The van der Waals surface area contributed by atoms with Gasteiger partial charge >= 0.3 is 40.0 Å². The molecule has 0 amide bonds. The smallest absolute Gasteiger partial charge is 1.00 e. The minimum atomic E-state index is -4.43. The molecule has 0 aromatic carbocycles. The van der Waals surface area contributed by atoms with E-state index >= 15 is 0 Å². The van der Waals surface area contributed by atoms with Crippen LogP contribution in [0.1, 0.15) is 14.3 Å². The van der Waals surface area contributed by atoms with Gasteiger partial charge in [0.2, 0.25) is 0 Å². The fourth-order valence-corrected chi connectivity index (χ4v) is 0.887. The third-order valence-corrected chi connectivity index (χ3v) is 1.55. The summed E-state index contributed by atoms with van der Waals surface area (Å²) in [6.45, 7) is 3.00. The van der Waals surface area contributed by atoms with Crippen LogP contribution in [0.4, 0.5) is 0 Å². The van der Waals surface area contributed by atoms with Crippen molar-refractivity contribution in [3.63, 3.8) is 0 Å². The van der Waals surface area contributed by atoms with Gasteiger partial charge in [0.25, 0.3) is 0 Å². The molecule has 0 saturated carbocycles. The summed E-state index contributed by atoms with van der Waals surface area (Å²) < 4.78 is 32.1. The fraction of sp³-hybridized carbons (Fsp3) is 0.667. The monoisotopic (exact) mass is 220 g/mol. The summed E-state index contributed by atoms with van der Waals surface area (Å²) in [6, 6.07) is 0. The number of hydrogen-bond donors (Lipinski definition) is 2. The number of allylic oxidation sites excluding steroid dienone is 1. The van der Waals surface area contributed by atoms with Crippen molar-refractivity contribution in [2.24, 2.45) is 0 Å². The van der Waals surface area contributed by atoms with E-state index in [1.807, 2.05) is 0 Å². The predicted octanol–water partition coefficient (Wildman–Crippen LogP) is -2.75. The molecule has 13 heavy (non-hydrogen) atoms. The zero-order chi connectivity index (χ0) is 9.61. The van der Waals surface area contributed by atoms with E-state index in [9.17, 15) is 8.42 Å². The Kier molecular flexibility index (Phi) is 9.77. The Hall–Kier alpha value is 0.570. The van der Waals surface area contributed by atoms with Crippen LogP contribution >= 0.6 is 0 Å². The minimum absolute atomic E-state index is 0. The van der Waals surface area contributed by atoms with E-state index in [-0.39, 0.29) is 31.0 Å². The van der Waals surface area contributed by atoms with Crippen LogP contribution in [0.3, 0.4) is 0 Å². The summed E-state index contributed by atoms with van der Waals surface area (Å²) in [7, 11) is -4.43. The molecule has 5 nitrogen and oxygen atoms in total. The van der Waals surface area contributed by atoms with Crippen LogP contribution in [0.5, 0.6) is 0 Å². The molecule has 0 aliphatic rings. The maximum atomic E-state index is 10.0. The van der Waals surface area contributed by atoms with Gasteiger partial charge in [0.05, 0.1) is 12.7 Å². The van der Waals surface area contributed by atoms with Crippen molar-refractivity contribution in [1.82, 2.24) is 0 Å². The second kappa shape index (κ2) is 7.93. The first-order valence-corrected chi connectivity index (χ1v) is 4.73. The molecule has 1 atom stereocenters. The van der Waals surface area contributed by atoms with Crippen molar-refractivity contribution >= 4 is 10.4 Å². The van der Waals surface area contributed by atoms with Crippen molar-refractivity contribution in [2.45, 2.75) is 18.9 Å². The first-order chi connectivity index (χ1) is 5.45.